The second-order valence-corrected chi connectivity index (χ2v) is 10.5. The number of carbonyl (C=O) groups excluding carboxylic acids is 4. The topological polar surface area (TPSA) is 93.6 Å². The number of ether oxygens (including phenoxy) is 1. The van der Waals surface area contributed by atoms with Gasteiger partial charge in [0.25, 0.3) is 11.8 Å². The molecule has 1 unspecified atom stereocenters. The van der Waals surface area contributed by atoms with E-state index in [1.54, 1.807) is 97.1 Å². The van der Waals surface area contributed by atoms with Crippen LogP contribution in [0.4, 0.5) is 5.69 Å². The maximum Gasteiger partial charge on any atom is 0.339 e. The molecule has 4 aromatic carbocycles. The number of rotatable bonds is 6. The van der Waals surface area contributed by atoms with Gasteiger partial charge >= 0.3 is 5.97 Å². The molecule has 0 saturated carbocycles. The van der Waals surface area contributed by atoms with Crippen LogP contribution in [0.3, 0.4) is 0 Å². The van der Waals surface area contributed by atoms with Crippen molar-refractivity contribution in [3.05, 3.63) is 129 Å². The lowest BCUT2D eigenvalue weighted by Gasteiger charge is -2.16. The molecule has 206 valence electrons. The number of hydrogen-bond donors (Lipinski definition) is 0. The number of anilines is 1. The molecule has 0 saturated heterocycles. The quantitative estimate of drug-likeness (QED) is 0.115. The fraction of sp³-hybridized carbons (Fsp3) is 0.0606. The van der Waals surface area contributed by atoms with Crippen LogP contribution in [-0.2, 0) is 4.74 Å². The number of pyridine rings is 1. The van der Waals surface area contributed by atoms with Gasteiger partial charge in [-0.2, -0.15) is 0 Å². The fourth-order valence-corrected chi connectivity index (χ4v) is 5.20. The molecule has 0 bridgehead atoms. The molecule has 9 heteroatoms. The highest BCUT2D eigenvalue weighted by molar-refractivity contribution is 6.36. The van der Waals surface area contributed by atoms with Crippen molar-refractivity contribution in [2.45, 2.75) is 13.0 Å². The predicted molar refractivity (Wildman–Crippen MR) is 160 cm³/mol. The minimum absolute atomic E-state index is 0.178. The van der Waals surface area contributed by atoms with Gasteiger partial charge < -0.3 is 4.74 Å². The SMILES string of the molecule is CC(OC(=O)c1cc(-c2ccc(N3C(=O)c4ccccc4C3=O)cc2)nc2c(Cl)cccc12)C(=O)c1ccc(Cl)cc1. The van der Waals surface area contributed by atoms with Gasteiger partial charge in [0.15, 0.2) is 6.10 Å². The van der Waals surface area contributed by atoms with Crippen molar-refractivity contribution in [3.63, 3.8) is 0 Å². The normalized spacial score (nSPS) is 13.3. The van der Waals surface area contributed by atoms with Crippen LogP contribution < -0.4 is 4.90 Å². The Morgan fingerprint density at radius 1 is 0.810 bits per heavy atom. The van der Waals surface area contributed by atoms with Gasteiger partial charge in [-0.1, -0.05) is 59.6 Å². The number of amides is 2. The molecule has 2 amide bonds. The highest BCUT2D eigenvalue weighted by Crippen LogP contribution is 2.33. The summed E-state index contributed by atoms with van der Waals surface area (Å²) in [6, 6.07) is 26.3. The van der Waals surface area contributed by atoms with E-state index in [1.807, 2.05) is 0 Å². The van der Waals surface area contributed by atoms with Crippen LogP contribution in [-0.4, -0.2) is 34.7 Å². The van der Waals surface area contributed by atoms with E-state index < -0.39 is 23.9 Å². The number of fused-ring (bicyclic) bond motifs is 2. The average Bonchev–Trinajstić information content (AvgIpc) is 3.26. The number of esters is 1. The Morgan fingerprint density at radius 2 is 1.45 bits per heavy atom. The van der Waals surface area contributed by atoms with E-state index in [1.165, 1.54) is 6.92 Å². The highest BCUT2D eigenvalue weighted by atomic mass is 35.5. The number of Topliss-reactive ketones (excluding diaryl/α,β-unsaturated/α-hetero) is 1. The van der Waals surface area contributed by atoms with E-state index in [0.29, 0.717) is 54.6 Å². The Bertz CT molecular complexity index is 1890. The van der Waals surface area contributed by atoms with Gasteiger partial charge in [0.1, 0.15) is 0 Å². The summed E-state index contributed by atoms with van der Waals surface area (Å²) in [4.78, 5) is 57.9. The van der Waals surface area contributed by atoms with Crippen LogP contribution >= 0.6 is 23.2 Å². The monoisotopic (exact) mass is 594 g/mol. The molecule has 1 atom stereocenters. The Morgan fingerprint density at radius 3 is 2.10 bits per heavy atom. The molecular weight excluding hydrogens is 575 g/mol. The second-order valence-electron chi connectivity index (χ2n) is 9.65. The first-order valence-corrected chi connectivity index (χ1v) is 13.7. The fourth-order valence-electron chi connectivity index (χ4n) is 4.86. The Kier molecular flexibility index (Phi) is 7.06. The minimum atomic E-state index is -1.07. The van der Waals surface area contributed by atoms with Crippen LogP contribution in [0.25, 0.3) is 22.2 Å². The molecule has 1 aliphatic rings. The molecule has 0 aliphatic carbocycles. The predicted octanol–water partition coefficient (Wildman–Crippen LogP) is 7.44. The summed E-state index contributed by atoms with van der Waals surface area (Å²) < 4.78 is 5.59. The zero-order chi connectivity index (χ0) is 29.5. The molecular formula is C33H20Cl2N2O5. The van der Waals surface area contributed by atoms with E-state index in [-0.39, 0.29) is 11.3 Å². The first-order chi connectivity index (χ1) is 20.2. The van der Waals surface area contributed by atoms with Crippen LogP contribution in [0, 0.1) is 0 Å². The zero-order valence-corrected chi connectivity index (χ0v) is 23.5. The van der Waals surface area contributed by atoms with E-state index in [4.69, 9.17) is 27.9 Å². The van der Waals surface area contributed by atoms with Gasteiger partial charge in [-0.05, 0) is 67.6 Å². The summed E-state index contributed by atoms with van der Waals surface area (Å²) in [5.41, 5.74) is 3.04. The second kappa shape index (κ2) is 10.9. The first-order valence-electron chi connectivity index (χ1n) is 12.9. The van der Waals surface area contributed by atoms with Crippen molar-refractivity contribution in [3.8, 4) is 11.3 Å². The molecule has 0 radical (unpaired) electrons. The smallest absolute Gasteiger partial charge is 0.339 e. The van der Waals surface area contributed by atoms with Gasteiger partial charge in [-0.25, -0.2) is 14.7 Å². The Balaban J connectivity index is 1.32. The van der Waals surface area contributed by atoms with E-state index in [2.05, 4.69) is 4.98 Å². The Hall–Kier alpha value is -4.85. The molecule has 5 aromatic rings. The number of halogens is 2. The third-order valence-electron chi connectivity index (χ3n) is 7.01. The summed E-state index contributed by atoms with van der Waals surface area (Å²) in [5, 5.41) is 1.28. The van der Waals surface area contributed by atoms with Crippen molar-refractivity contribution in [1.29, 1.82) is 0 Å². The van der Waals surface area contributed by atoms with Gasteiger partial charge in [-0.15, -0.1) is 0 Å². The first kappa shape index (κ1) is 27.3. The summed E-state index contributed by atoms with van der Waals surface area (Å²) in [5.74, 6) is -1.89. The Labute approximate surface area is 250 Å². The number of imide groups is 1. The lowest BCUT2D eigenvalue weighted by Crippen LogP contribution is -2.29. The average molecular weight is 595 g/mol. The standard InChI is InChI=1S/C33H20Cl2N2O5/c1-18(30(38)20-9-13-21(34)14-10-20)42-33(41)26-17-28(36-29-23(26)7-4-8-27(29)35)19-11-15-22(16-12-19)37-31(39)24-5-2-3-6-25(24)32(37)40/h2-18H,1H3. The van der Waals surface area contributed by atoms with Crippen molar-refractivity contribution in [1.82, 2.24) is 4.98 Å². The molecule has 0 N–H and O–H groups in total. The molecule has 7 nitrogen and oxygen atoms in total. The lowest BCUT2D eigenvalue weighted by atomic mass is 10.0. The highest BCUT2D eigenvalue weighted by Gasteiger charge is 2.36. The number of carbonyl (C=O) groups is 4. The van der Waals surface area contributed by atoms with Gasteiger partial charge in [0.05, 0.1) is 38.6 Å². The van der Waals surface area contributed by atoms with Crippen molar-refractivity contribution in [2.24, 2.45) is 0 Å². The largest absolute Gasteiger partial charge is 0.451 e. The van der Waals surface area contributed by atoms with E-state index in [0.717, 1.165) is 4.90 Å². The number of hydrogen-bond acceptors (Lipinski definition) is 6. The third kappa shape index (κ3) is 4.83. The van der Waals surface area contributed by atoms with Crippen LogP contribution in [0.15, 0.2) is 97.1 Å². The summed E-state index contributed by atoms with van der Waals surface area (Å²) in [6.45, 7) is 1.50. The molecule has 2 heterocycles. The molecule has 42 heavy (non-hydrogen) atoms. The number of ketones is 1. The van der Waals surface area contributed by atoms with Crippen molar-refractivity contribution in [2.75, 3.05) is 4.90 Å². The van der Waals surface area contributed by atoms with Crippen molar-refractivity contribution < 1.29 is 23.9 Å². The maximum atomic E-state index is 13.4. The van der Waals surface area contributed by atoms with Crippen LogP contribution in [0.2, 0.25) is 10.0 Å². The number of para-hydroxylation sites is 1. The van der Waals surface area contributed by atoms with Crippen molar-refractivity contribution >= 4 is 63.4 Å². The number of benzene rings is 4. The summed E-state index contributed by atoms with van der Waals surface area (Å²) in [6.07, 6.45) is -1.07. The van der Waals surface area contributed by atoms with Gasteiger partial charge in [0, 0.05) is 21.5 Å². The van der Waals surface area contributed by atoms with Crippen LogP contribution in [0.1, 0.15) is 48.4 Å². The van der Waals surface area contributed by atoms with Crippen LogP contribution in [0.5, 0.6) is 0 Å². The lowest BCUT2D eigenvalue weighted by molar-refractivity contribution is 0.0320. The minimum Gasteiger partial charge on any atom is -0.451 e. The summed E-state index contributed by atoms with van der Waals surface area (Å²) in [7, 11) is 0. The van der Waals surface area contributed by atoms with Gasteiger partial charge in [0.2, 0.25) is 5.78 Å². The maximum absolute atomic E-state index is 13.4. The molecule has 6 rings (SSSR count). The van der Waals surface area contributed by atoms with Gasteiger partial charge in [-0.3, -0.25) is 14.4 Å². The van der Waals surface area contributed by atoms with E-state index in [9.17, 15) is 19.2 Å². The zero-order valence-electron chi connectivity index (χ0n) is 22.0. The molecule has 0 spiro atoms. The number of aromatic nitrogens is 1. The molecule has 1 aliphatic heterocycles. The third-order valence-corrected chi connectivity index (χ3v) is 7.56. The summed E-state index contributed by atoms with van der Waals surface area (Å²) >= 11 is 12.4. The molecule has 0 fully saturated rings. The van der Waals surface area contributed by atoms with E-state index >= 15 is 0 Å². The molecule has 1 aromatic heterocycles. The number of nitrogens with zero attached hydrogens (tertiary/aromatic N) is 2.